The summed E-state index contributed by atoms with van der Waals surface area (Å²) in [5, 5.41) is 35.9. The van der Waals surface area contributed by atoms with Crippen molar-refractivity contribution < 1.29 is 58.1 Å². The van der Waals surface area contributed by atoms with E-state index in [1.807, 2.05) is 53.7 Å². The molecule has 5 rings (SSSR count). The van der Waals surface area contributed by atoms with Crippen LogP contribution in [0, 0.1) is 41.4 Å². The molecule has 5 aliphatic heterocycles. The first-order valence-electron chi connectivity index (χ1n) is 25.4. The molecule has 368 valence electrons. The molecule has 0 bridgehead atoms. The number of aliphatic hydroxyl groups is 2. The second-order valence-corrected chi connectivity index (χ2v) is 21.0. The van der Waals surface area contributed by atoms with Gasteiger partial charge in [0.15, 0.2) is 11.9 Å². The van der Waals surface area contributed by atoms with Crippen molar-refractivity contribution in [2.45, 2.75) is 244 Å². The van der Waals surface area contributed by atoms with E-state index in [1.165, 1.54) is 19.3 Å². The second-order valence-electron chi connectivity index (χ2n) is 21.0. The number of carbonyl (C=O) groups excluding carboxylic acids is 2. The van der Waals surface area contributed by atoms with Crippen molar-refractivity contribution in [2.24, 2.45) is 41.4 Å². The molecule has 5 aliphatic rings. The minimum atomic E-state index is -1.43. The molecule has 4 N–H and O–H groups in total. The van der Waals surface area contributed by atoms with E-state index in [-0.39, 0.29) is 29.6 Å². The number of ether oxygens (including phenoxy) is 6. The van der Waals surface area contributed by atoms with E-state index in [4.69, 9.17) is 28.4 Å². The van der Waals surface area contributed by atoms with Gasteiger partial charge < -0.3 is 49.1 Å². The first kappa shape index (κ1) is 52.8. The van der Waals surface area contributed by atoms with E-state index < -0.39 is 95.1 Å². The fourth-order valence-electron chi connectivity index (χ4n) is 11.9. The number of aliphatic hydroxyl groups excluding tert-OH is 1. The highest BCUT2D eigenvalue weighted by molar-refractivity contribution is 5.84. The van der Waals surface area contributed by atoms with Crippen LogP contribution in [0.1, 0.15) is 179 Å². The zero-order chi connectivity index (χ0) is 47.2. The highest BCUT2D eigenvalue weighted by Crippen LogP contribution is 2.54. The van der Waals surface area contributed by atoms with Crippen LogP contribution in [0.25, 0.3) is 0 Å². The minimum Gasteiger partial charge on any atom is -0.481 e. The Morgan fingerprint density at radius 1 is 0.844 bits per heavy atom. The maximum absolute atomic E-state index is 14.7. The molecule has 64 heavy (non-hydrogen) atoms. The number of rotatable bonds is 20. The Kier molecular flexibility index (Phi) is 18.4. The smallest absolute Gasteiger partial charge is 0.407 e. The van der Waals surface area contributed by atoms with Crippen LogP contribution in [-0.4, -0.2) is 105 Å². The predicted molar refractivity (Wildman–Crippen MR) is 244 cm³/mol. The number of carboxylic acid groups (broad SMARTS) is 1. The molecule has 0 radical (unpaired) electrons. The van der Waals surface area contributed by atoms with Crippen LogP contribution in [0.15, 0.2) is 12.2 Å². The van der Waals surface area contributed by atoms with Crippen LogP contribution in [0.4, 0.5) is 4.79 Å². The van der Waals surface area contributed by atoms with Crippen molar-refractivity contribution >= 4 is 17.8 Å². The van der Waals surface area contributed by atoms with Gasteiger partial charge in [-0.25, -0.2) is 4.79 Å². The summed E-state index contributed by atoms with van der Waals surface area (Å²) in [5.74, 6) is -6.17. The Morgan fingerprint density at radius 3 is 2.17 bits per heavy atom. The number of Topliss-reactive ketones (excluding diaryl/α,β-unsaturated/α-hetero) is 1. The Hall–Kier alpha value is -2.13. The summed E-state index contributed by atoms with van der Waals surface area (Å²) in [5.41, 5.74) is -1.75. The highest BCUT2D eigenvalue weighted by atomic mass is 16.8. The Bertz CT molecular complexity index is 1580. The lowest BCUT2D eigenvalue weighted by Gasteiger charge is -2.54. The molecule has 0 aliphatic carbocycles. The largest absolute Gasteiger partial charge is 0.481 e. The van der Waals surface area contributed by atoms with E-state index in [1.54, 1.807) is 6.92 Å². The third kappa shape index (κ3) is 11.4. The molecule has 4 saturated heterocycles. The molecular weight excluding hydrogens is 819 g/mol. The molecule has 0 unspecified atom stereocenters. The molecular formula is C51H87NO12. The summed E-state index contributed by atoms with van der Waals surface area (Å²) < 4.78 is 40.7. The van der Waals surface area contributed by atoms with Crippen molar-refractivity contribution in [1.29, 1.82) is 0 Å². The van der Waals surface area contributed by atoms with E-state index >= 15 is 0 Å². The zero-order valence-corrected chi connectivity index (χ0v) is 41.3. The number of unbranched alkanes of at least 4 members (excludes halogenated alkanes) is 5. The van der Waals surface area contributed by atoms with E-state index in [0.29, 0.717) is 64.3 Å². The van der Waals surface area contributed by atoms with Gasteiger partial charge in [-0.15, -0.1) is 0 Å². The molecule has 13 nitrogen and oxygen atoms in total. The average Bonchev–Trinajstić information content (AvgIpc) is 3.61. The Morgan fingerprint density at radius 2 is 1.53 bits per heavy atom. The number of carboxylic acids is 1. The first-order valence-corrected chi connectivity index (χ1v) is 25.4. The zero-order valence-electron chi connectivity index (χ0n) is 41.3. The molecule has 4 fully saturated rings. The third-order valence-corrected chi connectivity index (χ3v) is 16.5. The molecule has 5 heterocycles. The number of nitrogens with one attached hydrogen (secondary N) is 1. The number of ketones is 1. The van der Waals surface area contributed by atoms with E-state index in [9.17, 15) is 29.7 Å². The number of aliphatic carboxylic acids is 1. The number of carbonyl (C=O) groups is 3. The van der Waals surface area contributed by atoms with Crippen molar-refractivity contribution in [3.05, 3.63) is 12.2 Å². The second kappa shape index (κ2) is 22.3. The maximum Gasteiger partial charge on any atom is 0.407 e. The summed E-state index contributed by atoms with van der Waals surface area (Å²) in [4.78, 5) is 40.2. The summed E-state index contributed by atoms with van der Waals surface area (Å²) in [7, 11) is 0. The van der Waals surface area contributed by atoms with Crippen LogP contribution in [-0.2, 0) is 38.0 Å². The summed E-state index contributed by atoms with van der Waals surface area (Å²) in [6, 6.07) is 0. The normalized spacial score (nSPS) is 40.1. The Balaban J connectivity index is 1.36. The van der Waals surface area contributed by atoms with Gasteiger partial charge in [0.2, 0.25) is 5.79 Å². The molecule has 0 aromatic rings. The lowest BCUT2D eigenvalue weighted by molar-refractivity contribution is -0.408. The van der Waals surface area contributed by atoms with Gasteiger partial charge in [-0.3, -0.25) is 9.59 Å². The van der Waals surface area contributed by atoms with Crippen molar-refractivity contribution in [2.75, 3.05) is 6.54 Å². The lowest BCUT2D eigenvalue weighted by atomic mass is 9.72. The molecule has 13 heteroatoms. The fraction of sp³-hybridized carbons (Fsp3) is 0.902. The number of alkyl carbamates (subject to hydrolysis) is 1. The quantitative estimate of drug-likeness (QED) is 0.0673. The van der Waals surface area contributed by atoms with E-state index in [0.717, 1.165) is 25.7 Å². The third-order valence-electron chi connectivity index (χ3n) is 16.5. The summed E-state index contributed by atoms with van der Waals surface area (Å²) in [6.45, 7) is 22.4. The van der Waals surface area contributed by atoms with Crippen molar-refractivity contribution in [3.63, 3.8) is 0 Å². The molecule has 0 aromatic carbocycles. The summed E-state index contributed by atoms with van der Waals surface area (Å²) >= 11 is 0. The number of hydrogen-bond acceptors (Lipinski definition) is 11. The SMILES string of the molecule is CCCCCCCCNC(=O)O[C@H]1C=C[C@]2(O[C@H]([C@@H](CC)C(=O)[C@@H](C)[C@@H](O)[C@H](C)[C@@H]3O[C@@H]([C@@H](CC)C(=O)O)CC[C@@H]3C)[C@@H](C)C[C@H]2C)O[C@@]12CC[C@@](C)([C@H]1CC[C@](O)(CC)[C@H](C)O1)O2. The fourth-order valence-corrected chi connectivity index (χ4v) is 11.9. The molecule has 0 saturated carbocycles. The van der Waals surface area contributed by atoms with Crippen LogP contribution < -0.4 is 5.32 Å². The van der Waals surface area contributed by atoms with Crippen LogP contribution in [0.3, 0.4) is 0 Å². The number of hydrogen-bond donors (Lipinski definition) is 4. The maximum atomic E-state index is 14.7. The monoisotopic (exact) mass is 906 g/mol. The van der Waals surface area contributed by atoms with Gasteiger partial charge in [-0.2, -0.15) is 0 Å². The Labute approximate surface area is 384 Å². The highest BCUT2D eigenvalue weighted by Gasteiger charge is 2.64. The molecule has 2 spiro atoms. The average molecular weight is 906 g/mol. The molecule has 18 atom stereocenters. The minimum absolute atomic E-state index is 0.0281. The summed E-state index contributed by atoms with van der Waals surface area (Å²) in [6.07, 6.45) is 11.4. The van der Waals surface area contributed by atoms with Gasteiger partial charge in [0, 0.05) is 36.6 Å². The van der Waals surface area contributed by atoms with Gasteiger partial charge in [0.05, 0.1) is 53.7 Å². The lowest BCUT2D eigenvalue weighted by Crippen LogP contribution is -2.63. The molecule has 1 amide bonds. The van der Waals surface area contributed by atoms with Gasteiger partial charge >= 0.3 is 12.1 Å². The van der Waals surface area contributed by atoms with E-state index in [2.05, 4.69) is 33.0 Å². The van der Waals surface area contributed by atoms with Crippen molar-refractivity contribution in [3.8, 4) is 0 Å². The first-order chi connectivity index (χ1) is 30.2. The topological polar surface area (TPSA) is 179 Å². The van der Waals surface area contributed by atoms with Gasteiger partial charge in [-0.05, 0) is 102 Å². The van der Waals surface area contributed by atoms with Crippen molar-refractivity contribution in [1.82, 2.24) is 5.32 Å². The van der Waals surface area contributed by atoms with Gasteiger partial charge in [0.25, 0.3) is 0 Å². The van der Waals surface area contributed by atoms with Gasteiger partial charge in [-0.1, -0.05) is 94.4 Å². The predicted octanol–water partition coefficient (Wildman–Crippen LogP) is 9.28. The molecule has 0 aromatic heterocycles. The van der Waals surface area contributed by atoms with Crippen LogP contribution >= 0.6 is 0 Å². The van der Waals surface area contributed by atoms with Crippen LogP contribution in [0.5, 0.6) is 0 Å². The number of amides is 1. The van der Waals surface area contributed by atoms with Gasteiger partial charge in [0.1, 0.15) is 5.78 Å². The van der Waals surface area contributed by atoms with Crippen LogP contribution in [0.2, 0.25) is 0 Å². The standard InChI is InChI=1S/C51H87NO12/c1-12-16-17-18-19-20-29-52-47(57)61-41-24-26-50(64-51(41)28-27-48(11,63-51)40-23-25-49(58,15-4)36(10)59-40)33(7)30-32(6)45(62-50)38(14-3)43(54)34(8)42(53)35(9)44-31(5)21-22-39(60-44)37(13-2)46(55)56/h24,26,31-42,44-45,53,58H,12-23,25,27-30H2,1-11H3,(H,52,57)(H,55,56)/t31-,32-,33+,34-,35-,36-,37+,38-,39+,40+,41-,42+,44+,45-,48-,49+,50-,51-/m0/s1.